The molecule has 0 radical (unpaired) electrons. The van der Waals surface area contributed by atoms with E-state index in [2.05, 4.69) is 41.6 Å². The maximum Gasteiger partial charge on any atom is 0.241 e. The van der Waals surface area contributed by atoms with Gasteiger partial charge in [0.15, 0.2) is 5.96 Å². The maximum atomic E-state index is 11.9. The Morgan fingerprint density at radius 3 is 2.39 bits per heavy atom. The third-order valence-corrected chi connectivity index (χ3v) is 4.65. The molecule has 1 saturated carbocycles. The minimum absolute atomic E-state index is 0. The summed E-state index contributed by atoms with van der Waals surface area (Å²) in [4.78, 5) is 18.2. The van der Waals surface area contributed by atoms with Crippen molar-refractivity contribution in [1.29, 1.82) is 0 Å². The molecular formula is C21H35IN4O2. The summed E-state index contributed by atoms with van der Waals surface area (Å²) in [6.45, 7) is 4.99. The van der Waals surface area contributed by atoms with E-state index >= 15 is 0 Å². The van der Waals surface area contributed by atoms with Crippen LogP contribution in [0.1, 0.15) is 45.1 Å². The van der Waals surface area contributed by atoms with Crippen LogP contribution in [0.2, 0.25) is 0 Å². The van der Waals surface area contributed by atoms with E-state index < -0.39 is 0 Å². The van der Waals surface area contributed by atoms with Gasteiger partial charge in [-0.05, 0) is 45.1 Å². The van der Waals surface area contributed by atoms with E-state index in [-0.39, 0.29) is 42.5 Å². The molecule has 7 heteroatoms. The zero-order chi connectivity index (χ0) is 19.6. The monoisotopic (exact) mass is 502 g/mol. The summed E-state index contributed by atoms with van der Waals surface area (Å²) in [5, 5.41) is 6.69. The van der Waals surface area contributed by atoms with Gasteiger partial charge in [0.25, 0.3) is 0 Å². The normalized spacial score (nSPS) is 19.7. The molecule has 0 aromatic heterocycles. The molecule has 1 amide bonds. The number of likely N-dealkylation sites (N-methyl/N-ethyl adjacent to an activating group) is 1. The molecule has 0 aliphatic heterocycles. The summed E-state index contributed by atoms with van der Waals surface area (Å²) in [5.41, 5.74) is 1.14. The quantitative estimate of drug-likeness (QED) is 0.342. The van der Waals surface area contributed by atoms with E-state index in [9.17, 15) is 4.79 Å². The predicted octanol–water partition coefficient (Wildman–Crippen LogP) is 3.16. The molecule has 2 N–H and O–H groups in total. The zero-order valence-electron chi connectivity index (χ0n) is 17.5. The van der Waals surface area contributed by atoms with Gasteiger partial charge in [0.1, 0.15) is 0 Å². The number of rotatable bonds is 7. The number of carbonyl (C=O) groups excluding carboxylic acids is 1. The Morgan fingerprint density at radius 1 is 1.18 bits per heavy atom. The van der Waals surface area contributed by atoms with Crippen LogP contribution in [-0.4, -0.2) is 55.7 Å². The number of halogens is 1. The standard InChI is InChI=1S/C21H34N4O2.HI/c1-16(2)27-19-12-10-18(11-13-19)24-21(23-15-20(26)25(3)4)22-14-17-8-6-5-7-9-17;/h5-9,16,18-19H,10-15H2,1-4H3,(H2,22,23,24);1H. The number of ether oxygens (including phenoxy) is 1. The lowest BCUT2D eigenvalue weighted by Gasteiger charge is -2.31. The summed E-state index contributed by atoms with van der Waals surface area (Å²) < 4.78 is 5.93. The largest absolute Gasteiger partial charge is 0.376 e. The molecular weight excluding hydrogens is 467 g/mol. The van der Waals surface area contributed by atoms with Crippen molar-refractivity contribution in [3.8, 4) is 0 Å². The van der Waals surface area contributed by atoms with Gasteiger partial charge in [0.05, 0.1) is 25.3 Å². The minimum Gasteiger partial charge on any atom is -0.376 e. The van der Waals surface area contributed by atoms with Crippen molar-refractivity contribution in [2.75, 3.05) is 20.6 Å². The van der Waals surface area contributed by atoms with Crippen molar-refractivity contribution in [2.45, 2.75) is 64.3 Å². The van der Waals surface area contributed by atoms with Crippen LogP contribution in [0.3, 0.4) is 0 Å². The number of carbonyl (C=O) groups is 1. The number of guanidine groups is 1. The van der Waals surface area contributed by atoms with E-state index in [1.807, 2.05) is 18.2 Å². The fourth-order valence-electron chi connectivity index (χ4n) is 3.15. The highest BCUT2D eigenvalue weighted by atomic mass is 127. The average Bonchev–Trinajstić information content (AvgIpc) is 2.65. The Balaban J connectivity index is 0.00000392. The number of benzene rings is 1. The topological polar surface area (TPSA) is 66.0 Å². The number of nitrogens with zero attached hydrogens (tertiary/aromatic N) is 2. The highest BCUT2D eigenvalue weighted by Crippen LogP contribution is 2.22. The first-order chi connectivity index (χ1) is 12.9. The first-order valence-electron chi connectivity index (χ1n) is 9.88. The number of aliphatic imine (C=N–C) groups is 1. The van der Waals surface area contributed by atoms with Gasteiger partial charge in [-0.2, -0.15) is 0 Å². The smallest absolute Gasteiger partial charge is 0.241 e. The molecule has 1 fully saturated rings. The summed E-state index contributed by atoms with van der Waals surface area (Å²) in [5.74, 6) is 0.723. The van der Waals surface area contributed by atoms with Crippen molar-refractivity contribution < 1.29 is 9.53 Å². The molecule has 2 rings (SSSR count). The molecule has 0 unspecified atom stereocenters. The van der Waals surface area contributed by atoms with Crippen LogP contribution >= 0.6 is 24.0 Å². The Morgan fingerprint density at radius 2 is 1.82 bits per heavy atom. The molecule has 6 nitrogen and oxygen atoms in total. The zero-order valence-corrected chi connectivity index (χ0v) is 19.8. The molecule has 0 spiro atoms. The van der Waals surface area contributed by atoms with Gasteiger partial charge in [0, 0.05) is 20.1 Å². The van der Waals surface area contributed by atoms with Gasteiger partial charge in [-0.15, -0.1) is 24.0 Å². The summed E-state index contributed by atoms with van der Waals surface area (Å²) in [7, 11) is 3.52. The van der Waals surface area contributed by atoms with Crippen LogP contribution < -0.4 is 10.6 Å². The first-order valence-corrected chi connectivity index (χ1v) is 9.88. The molecule has 1 aliphatic rings. The van der Waals surface area contributed by atoms with Crippen LogP contribution in [0, 0.1) is 0 Å². The highest BCUT2D eigenvalue weighted by Gasteiger charge is 2.23. The molecule has 1 aromatic carbocycles. The van der Waals surface area contributed by atoms with Gasteiger partial charge in [-0.25, -0.2) is 4.99 Å². The van der Waals surface area contributed by atoms with E-state index in [0.29, 0.717) is 24.7 Å². The number of hydrogen-bond donors (Lipinski definition) is 2. The van der Waals surface area contributed by atoms with Gasteiger partial charge in [-0.3, -0.25) is 4.79 Å². The Bertz CT molecular complexity index is 600. The number of nitrogens with one attached hydrogen (secondary N) is 2. The SMILES string of the molecule is CC(C)OC1CCC(NC(=NCc2ccccc2)NCC(=O)N(C)C)CC1.I. The molecule has 0 atom stereocenters. The van der Waals surface area contributed by atoms with E-state index in [1.165, 1.54) is 0 Å². The Kier molecular flexibility index (Phi) is 11.4. The van der Waals surface area contributed by atoms with E-state index in [1.54, 1.807) is 19.0 Å². The third-order valence-electron chi connectivity index (χ3n) is 4.65. The number of hydrogen-bond acceptors (Lipinski definition) is 3. The predicted molar refractivity (Wildman–Crippen MR) is 125 cm³/mol. The first kappa shape index (κ1) is 24.7. The lowest BCUT2D eigenvalue weighted by Crippen LogP contribution is -2.48. The van der Waals surface area contributed by atoms with Crippen LogP contribution in [0.25, 0.3) is 0 Å². The van der Waals surface area contributed by atoms with Crippen molar-refractivity contribution in [1.82, 2.24) is 15.5 Å². The highest BCUT2D eigenvalue weighted by molar-refractivity contribution is 14.0. The second-order valence-corrected chi connectivity index (χ2v) is 7.59. The molecule has 0 saturated heterocycles. The molecule has 28 heavy (non-hydrogen) atoms. The van der Waals surface area contributed by atoms with Crippen molar-refractivity contribution in [2.24, 2.45) is 4.99 Å². The van der Waals surface area contributed by atoms with E-state index in [4.69, 9.17) is 4.74 Å². The van der Waals surface area contributed by atoms with Crippen molar-refractivity contribution in [3.63, 3.8) is 0 Å². The Labute approximate surface area is 186 Å². The molecule has 158 valence electrons. The fraction of sp³-hybridized carbons (Fsp3) is 0.619. The van der Waals surface area contributed by atoms with Crippen molar-refractivity contribution >= 4 is 35.8 Å². The Hall–Kier alpha value is -1.35. The second-order valence-electron chi connectivity index (χ2n) is 7.59. The van der Waals surface area contributed by atoms with Gasteiger partial charge in [0.2, 0.25) is 5.91 Å². The van der Waals surface area contributed by atoms with Crippen molar-refractivity contribution in [3.05, 3.63) is 35.9 Å². The van der Waals surface area contributed by atoms with Crippen LogP contribution in [0.15, 0.2) is 35.3 Å². The summed E-state index contributed by atoms with van der Waals surface area (Å²) in [6, 6.07) is 10.5. The van der Waals surface area contributed by atoms with Gasteiger partial charge >= 0.3 is 0 Å². The van der Waals surface area contributed by atoms with Gasteiger partial charge < -0.3 is 20.3 Å². The average molecular weight is 502 g/mol. The third kappa shape index (κ3) is 9.23. The lowest BCUT2D eigenvalue weighted by atomic mass is 9.93. The molecule has 1 aromatic rings. The van der Waals surface area contributed by atoms with Crippen LogP contribution in [0.4, 0.5) is 0 Å². The minimum atomic E-state index is 0. The maximum absolute atomic E-state index is 11.9. The van der Waals surface area contributed by atoms with Crippen LogP contribution in [0.5, 0.6) is 0 Å². The van der Waals surface area contributed by atoms with E-state index in [0.717, 1.165) is 31.2 Å². The van der Waals surface area contributed by atoms with Gasteiger partial charge in [-0.1, -0.05) is 30.3 Å². The number of amides is 1. The summed E-state index contributed by atoms with van der Waals surface area (Å²) in [6.07, 6.45) is 4.84. The fourth-order valence-corrected chi connectivity index (χ4v) is 3.15. The molecule has 0 heterocycles. The molecule has 0 bridgehead atoms. The second kappa shape index (κ2) is 13.0. The van der Waals surface area contributed by atoms with Crippen LogP contribution in [-0.2, 0) is 16.1 Å². The molecule has 1 aliphatic carbocycles. The summed E-state index contributed by atoms with van der Waals surface area (Å²) >= 11 is 0. The lowest BCUT2D eigenvalue weighted by molar-refractivity contribution is -0.127.